The Hall–Kier alpha value is -3.18. The van der Waals surface area contributed by atoms with E-state index < -0.39 is 0 Å². The van der Waals surface area contributed by atoms with Gasteiger partial charge in [-0.25, -0.2) is 4.98 Å². The molecule has 0 saturated carbocycles. The SMILES string of the molecule is CCCOc1ccccc1NC(=O)Cc1sc(Cc2cccc3ccccc23)nc1C. The summed E-state index contributed by atoms with van der Waals surface area (Å²) < 4.78 is 5.74. The zero-order valence-corrected chi connectivity index (χ0v) is 18.7. The van der Waals surface area contributed by atoms with Crippen molar-refractivity contribution in [3.63, 3.8) is 0 Å². The number of hydrogen-bond acceptors (Lipinski definition) is 4. The number of para-hydroxylation sites is 2. The fourth-order valence-electron chi connectivity index (χ4n) is 3.59. The fourth-order valence-corrected chi connectivity index (χ4v) is 4.68. The quantitative estimate of drug-likeness (QED) is 0.364. The van der Waals surface area contributed by atoms with Crippen LogP contribution in [0.15, 0.2) is 66.7 Å². The van der Waals surface area contributed by atoms with Gasteiger partial charge in [-0.15, -0.1) is 11.3 Å². The normalized spacial score (nSPS) is 10.9. The summed E-state index contributed by atoms with van der Waals surface area (Å²) in [5.74, 6) is 0.645. The number of amides is 1. The van der Waals surface area contributed by atoms with Gasteiger partial charge < -0.3 is 10.1 Å². The summed E-state index contributed by atoms with van der Waals surface area (Å²) in [6.07, 6.45) is 1.99. The molecule has 31 heavy (non-hydrogen) atoms. The van der Waals surface area contributed by atoms with Crippen LogP contribution >= 0.6 is 11.3 Å². The number of carbonyl (C=O) groups is 1. The van der Waals surface area contributed by atoms with Gasteiger partial charge in [0.2, 0.25) is 5.91 Å². The van der Waals surface area contributed by atoms with Crippen molar-refractivity contribution in [3.05, 3.63) is 87.9 Å². The molecule has 5 heteroatoms. The molecule has 0 aliphatic rings. The molecule has 3 aromatic carbocycles. The largest absolute Gasteiger partial charge is 0.491 e. The van der Waals surface area contributed by atoms with E-state index in [1.807, 2.05) is 31.2 Å². The molecule has 0 spiro atoms. The van der Waals surface area contributed by atoms with Gasteiger partial charge in [-0.3, -0.25) is 4.79 Å². The molecule has 1 amide bonds. The lowest BCUT2D eigenvalue weighted by Gasteiger charge is -2.11. The molecule has 4 nitrogen and oxygen atoms in total. The summed E-state index contributed by atoms with van der Waals surface area (Å²) >= 11 is 1.62. The van der Waals surface area contributed by atoms with Gasteiger partial charge in [0.15, 0.2) is 0 Å². The summed E-state index contributed by atoms with van der Waals surface area (Å²) in [6.45, 7) is 4.66. The molecule has 4 rings (SSSR count). The third-order valence-corrected chi connectivity index (χ3v) is 6.26. The summed E-state index contributed by atoms with van der Waals surface area (Å²) in [7, 11) is 0. The molecule has 0 unspecified atom stereocenters. The number of anilines is 1. The minimum atomic E-state index is -0.0593. The third-order valence-electron chi connectivity index (χ3n) is 5.10. The average Bonchev–Trinajstić information content (AvgIpc) is 3.11. The second-order valence-electron chi connectivity index (χ2n) is 7.50. The van der Waals surface area contributed by atoms with E-state index >= 15 is 0 Å². The number of nitrogens with zero attached hydrogens (tertiary/aromatic N) is 1. The smallest absolute Gasteiger partial charge is 0.229 e. The number of rotatable bonds is 8. The minimum Gasteiger partial charge on any atom is -0.491 e. The molecule has 0 bridgehead atoms. The fraction of sp³-hybridized carbons (Fsp3) is 0.231. The number of ether oxygens (including phenoxy) is 1. The molecule has 1 aromatic heterocycles. The highest BCUT2D eigenvalue weighted by Gasteiger charge is 2.14. The Morgan fingerprint density at radius 3 is 2.68 bits per heavy atom. The van der Waals surface area contributed by atoms with Crippen LogP contribution in [0.4, 0.5) is 5.69 Å². The second kappa shape index (κ2) is 9.75. The van der Waals surface area contributed by atoms with Crippen LogP contribution < -0.4 is 10.1 Å². The summed E-state index contributed by atoms with van der Waals surface area (Å²) in [6, 6.07) is 22.3. The first kappa shape index (κ1) is 21.1. The van der Waals surface area contributed by atoms with Gasteiger partial charge >= 0.3 is 0 Å². The van der Waals surface area contributed by atoms with Crippen molar-refractivity contribution in [2.75, 3.05) is 11.9 Å². The number of nitrogens with one attached hydrogen (secondary N) is 1. The maximum absolute atomic E-state index is 12.7. The maximum Gasteiger partial charge on any atom is 0.229 e. The Kier molecular flexibility index (Phi) is 6.63. The third kappa shape index (κ3) is 5.12. The molecule has 0 fully saturated rings. The molecular formula is C26H26N2O2S. The van der Waals surface area contributed by atoms with Crippen LogP contribution in [0.3, 0.4) is 0 Å². The van der Waals surface area contributed by atoms with Crippen molar-refractivity contribution in [1.29, 1.82) is 0 Å². The Labute approximate surface area is 186 Å². The molecule has 0 aliphatic carbocycles. The molecule has 1 heterocycles. The zero-order valence-electron chi connectivity index (χ0n) is 17.9. The van der Waals surface area contributed by atoms with E-state index in [-0.39, 0.29) is 5.91 Å². The molecular weight excluding hydrogens is 404 g/mol. The van der Waals surface area contributed by atoms with E-state index in [4.69, 9.17) is 9.72 Å². The number of fused-ring (bicyclic) bond motifs is 1. The zero-order chi connectivity index (χ0) is 21.6. The van der Waals surface area contributed by atoms with Crippen LogP contribution in [0.5, 0.6) is 5.75 Å². The standard InChI is InChI=1S/C26H26N2O2S/c1-3-15-30-23-14-7-6-13-22(23)28-25(29)17-24-18(2)27-26(31-24)16-20-11-8-10-19-9-4-5-12-21(19)20/h4-14H,3,15-17H2,1-2H3,(H,28,29). The predicted octanol–water partition coefficient (Wildman–Crippen LogP) is 6.17. The molecule has 158 valence electrons. The summed E-state index contributed by atoms with van der Waals surface area (Å²) in [5.41, 5.74) is 2.88. The van der Waals surface area contributed by atoms with Crippen molar-refractivity contribution >= 4 is 33.7 Å². The highest BCUT2D eigenvalue weighted by Crippen LogP contribution is 2.27. The number of hydrogen-bond donors (Lipinski definition) is 1. The number of thiazole rings is 1. The molecule has 0 saturated heterocycles. The highest BCUT2D eigenvalue weighted by atomic mass is 32.1. The number of benzene rings is 3. The van der Waals surface area contributed by atoms with Crippen LogP contribution in [0, 0.1) is 6.92 Å². The molecule has 0 atom stereocenters. The van der Waals surface area contributed by atoms with Gasteiger partial charge in [0, 0.05) is 11.3 Å². The van der Waals surface area contributed by atoms with Crippen molar-refractivity contribution in [2.45, 2.75) is 33.1 Å². The lowest BCUT2D eigenvalue weighted by Crippen LogP contribution is -2.15. The minimum absolute atomic E-state index is 0.0593. The Bertz CT molecular complexity index is 1190. The lowest BCUT2D eigenvalue weighted by molar-refractivity contribution is -0.115. The Morgan fingerprint density at radius 2 is 1.81 bits per heavy atom. The van der Waals surface area contributed by atoms with E-state index in [2.05, 4.69) is 54.7 Å². The van der Waals surface area contributed by atoms with Gasteiger partial charge in [0.1, 0.15) is 5.75 Å². The average molecular weight is 431 g/mol. The van der Waals surface area contributed by atoms with E-state index in [0.717, 1.165) is 28.4 Å². The van der Waals surface area contributed by atoms with Gasteiger partial charge in [0.05, 0.1) is 29.4 Å². The lowest BCUT2D eigenvalue weighted by atomic mass is 10.0. The van der Waals surface area contributed by atoms with Gasteiger partial charge in [-0.05, 0) is 41.8 Å². The first-order valence-corrected chi connectivity index (χ1v) is 11.4. The Balaban J connectivity index is 1.46. The van der Waals surface area contributed by atoms with E-state index in [9.17, 15) is 4.79 Å². The maximum atomic E-state index is 12.7. The van der Waals surface area contributed by atoms with Crippen LogP contribution in [0.2, 0.25) is 0 Å². The second-order valence-corrected chi connectivity index (χ2v) is 8.67. The van der Waals surface area contributed by atoms with E-state index in [0.29, 0.717) is 24.5 Å². The van der Waals surface area contributed by atoms with Gasteiger partial charge in [-0.2, -0.15) is 0 Å². The Morgan fingerprint density at radius 1 is 1.03 bits per heavy atom. The predicted molar refractivity (Wildman–Crippen MR) is 128 cm³/mol. The van der Waals surface area contributed by atoms with E-state index in [1.54, 1.807) is 11.3 Å². The topological polar surface area (TPSA) is 51.2 Å². The van der Waals surface area contributed by atoms with Crippen molar-refractivity contribution in [2.24, 2.45) is 0 Å². The number of aromatic nitrogens is 1. The van der Waals surface area contributed by atoms with Gasteiger partial charge in [-0.1, -0.05) is 61.5 Å². The summed E-state index contributed by atoms with van der Waals surface area (Å²) in [5, 5.41) is 6.51. The van der Waals surface area contributed by atoms with Crippen LogP contribution in [0.1, 0.15) is 34.5 Å². The van der Waals surface area contributed by atoms with Crippen LogP contribution in [-0.2, 0) is 17.6 Å². The molecule has 0 aliphatic heterocycles. The number of carbonyl (C=O) groups excluding carboxylic acids is 1. The monoisotopic (exact) mass is 430 g/mol. The highest BCUT2D eigenvalue weighted by molar-refractivity contribution is 7.11. The van der Waals surface area contributed by atoms with Gasteiger partial charge in [0.25, 0.3) is 0 Å². The molecule has 1 N–H and O–H groups in total. The van der Waals surface area contributed by atoms with Crippen molar-refractivity contribution < 1.29 is 9.53 Å². The summed E-state index contributed by atoms with van der Waals surface area (Å²) in [4.78, 5) is 18.5. The van der Waals surface area contributed by atoms with Crippen LogP contribution in [-0.4, -0.2) is 17.5 Å². The van der Waals surface area contributed by atoms with E-state index in [1.165, 1.54) is 16.3 Å². The molecule has 4 aromatic rings. The van der Waals surface area contributed by atoms with Crippen LogP contribution in [0.25, 0.3) is 10.8 Å². The number of aryl methyl sites for hydroxylation is 1. The van der Waals surface area contributed by atoms with Crippen molar-refractivity contribution in [3.8, 4) is 5.75 Å². The first-order valence-electron chi connectivity index (χ1n) is 10.6. The first-order chi connectivity index (χ1) is 15.1. The molecule has 0 radical (unpaired) electrons. The van der Waals surface area contributed by atoms with Crippen molar-refractivity contribution in [1.82, 2.24) is 4.98 Å².